The van der Waals surface area contributed by atoms with Crippen LogP contribution in [0.15, 0.2) is 18.2 Å². The zero-order valence-electron chi connectivity index (χ0n) is 13.2. The van der Waals surface area contributed by atoms with E-state index in [1.165, 1.54) is 0 Å². The molecule has 1 heterocycles. The standard InChI is InChI=1S/C16H21N3O2S/c1-8(2)13(14(17)20)19-15(21)10-5-6-11-12(7-10)22-16(18-11)9(3)4/h5-9,13H,1-4H3,(H2,17,20)(H,19,21). The molecule has 0 aliphatic heterocycles. The number of nitrogens with two attached hydrogens (primary N) is 1. The van der Waals surface area contributed by atoms with Crippen molar-refractivity contribution in [2.45, 2.75) is 39.7 Å². The van der Waals surface area contributed by atoms with Crippen LogP contribution in [0.3, 0.4) is 0 Å². The minimum atomic E-state index is -0.670. The SMILES string of the molecule is CC(C)c1nc2ccc(C(=O)NC(C(N)=O)C(C)C)cc2s1. The molecule has 118 valence electrons. The second-order valence-electron chi connectivity index (χ2n) is 5.99. The number of aromatic nitrogens is 1. The summed E-state index contributed by atoms with van der Waals surface area (Å²) in [6, 6.07) is 4.70. The predicted molar refractivity (Wildman–Crippen MR) is 89.0 cm³/mol. The van der Waals surface area contributed by atoms with E-state index in [9.17, 15) is 9.59 Å². The summed E-state index contributed by atoms with van der Waals surface area (Å²) < 4.78 is 0.969. The summed E-state index contributed by atoms with van der Waals surface area (Å²) in [6.45, 7) is 7.87. The van der Waals surface area contributed by atoms with Crippen molar-refractivity contribution in [1.82, 2.24) is 10.3 Å². The fourth-order valence-corrected chi connectivity index (χ4v) is 3.13. The van der Waals surface area contributed by atoms with Gasteiger partial charge in [-0.2, -0.15) is 0 Å². The largest absolute Gasteiger partial charge is 0.368 e. The molecule has 6 heteroatoms. The molecule has 0 aliphatic carbocycles. The summed E-state index contributed by atoms with van der Waals surface area (Å²) in [5.74, 6) is -0.515. The van der Waals surface area contributed by atoms with Gasteiger partial charge in [0.1, 0.15) is 6.04 Å². The van der Waals surface area contributed by atoms with Gasteiger partial charge in [0, 0.05) is 11.5 Å². The van der Waals surface area contributed by atoms with Crippen molar-refractivity contribution in [3.63, 3.8) is 0 Å². The quantitative estimate of drug-likeness (QED) is 0.888. The Morgan fingerprint density at radius 1 is 1.23 bits per heavy atom. The molecule has 0 radical (unpaired) electrons. The molecule has 0 saturated carbocycles. The number of amides is 2. The van der Waals surface area contributed by atoms with Gasteiger partial charge >= 0.3 is 0 Å². The molecular formula is C16H21N3O2S. The van der Waals surface area contributed by atoms with E-state index >= 15 is 0 Å². The molecule has 1 unspecified atom stereocenters. The van der Waals surface area contributed by atoms with Crippen LogP contribution >= 0.6 is 11.3 Å². The number of nitrogens with one attached hydrogen (secondary N) is 1. The molecule has 0 bridgehead atoms. The fourth-order valence-electron chi connectivity index (χ4n) is 2.12. The maximum Gasteiger partial charge on any atom is 0.251 e. The topological polar surface area (TPSA) is 85.1 Å². The molecule has 1 atom stereocenters. The molecule has 0 saturated heterocycles. The lowest BCUT2D eigenvalue weighted by atomic mass is 10.0. The molecule has 0 aliphatic rings. The Bertz CT molecular complexity index is 706. The first-order valence-electron chi connectivity index (χ1n) is 7.30. The Hall–Kier alpha value is -1.95. The third-order valence-electron chi connectivity index (χ3n) is 3.42. The van der Waals surface area contributed by atoms with Gasteiger partial charge in [-0.3, -0.25) is 9.59 Å². The maximum atomic E-state index is 12.3. The molecule has 2 rings (SSSR count). The number of carbonyl (C=O) groups is 2. The van der Waals surface area contributed by atoms with Gasteiger partial charge in [-0.1, -0.05) is 27.7 Å². The Labute approximate surface area is 133 Å². The number of fused-ring (bicyclic) bond motifs is 1. The summed E-state index contributed by atoms with van der Waals surface area (Å²) in [5.41, 5.74) is 6.73. The van der Waals surface area contributed by atoms with Gasteiger partial charge in [-0.15, -0.1) is 11.3 Å². The van der Waals surface area contributed by atoms with Crippen LogP contribution in [0.2, 0.25) is 0 Å². The van der Waals surface area contributed by atoms with E-state index in [1.807, 2.05) is 26.0 Å². The van der Waals surface area contributed by atoms with E-state index in [4.69, 9.17) is 5.73 Å². The number of hydrogen-bond acceptors (Lipinski definition) is 4. The Balaban J connectivity index is 2.26. The van der Waals surface area contributed by atoms with E-state index in [-0.39, 0.29) is 11.8 Å². The average molecular weight is 319 g/mol. The molecule has 2 amide bonds. The number of hydrogen-bond donors (Lipinski definition) is 2. The van der Waals surface area contributed by atoms with Crippen LogP contribution in [0.1, 0.15) is 49.0 Å². The second-order valence-corrected chi connectivity index (χ2v) is 7.05. The first-order valence-corrected chi connectivity index (χ1v) is 8.12. The first kappa shape index (κ1) is 16.4. The van der Waals surface area contributed by atoms with Crippen LogP contribution in [-0.2, 0) is 4.79 Å². The van der Waals surface area contributed by atoms with Crippen molar-refractivity contribution in [3.8, 4) is 0 Å². The van der Waals surface area contributed by atoms with Gasteiger partial charge in [-0.25, -0.2) is 4.98 Å². The summed E-state index contributed by atoms with van der Waals surface area (Å²) in [7, 11) is 0. The average Bonchev–Trinajstić information content (AvgIpc) is 2.86. The van der Waals surface area contributed by atoms with Gasteiger partial charge in [-0.05, 0) is 24.1 Å². The number of carbonyl (C=O) groups excluding carboxylic acids is 2. The minimum absolute atomic E-state index is 0.0545. The third kappa shape index (κ3) is 3.44. The zero-order chi connectivity index (χ0) is 16.4. The van der Waals surface area contributed by atoms with Gasteiger partial charge in [0.2, 0.25) is 5.91 Å². The summed E-state index contributed by atoms with van der Waals surface area (Å²) in [4.78, 5) is 28.3. The first-order chi connectivity index (χ1) is 10.3. The van der Waals surface area contributed by atoms with Gasteiger partial charge in [0.25, 0.3) is 5.91 Å². The van der Waals surface area contributed by atoms with Crippen molar-refractivity contribution in [1.29, 1.82) is 0 Å². The number of rotatable bonds is 5. The molecular weight excluding hydrogens is 298 g/mol. The zero-order valence-corrected chi connectivity index (χ0v) is 14.0. The lowest BCUT2D eigenvalue weighted by Crippen LogP contribution is -2.47. The van der Waals surface area contributed by atoms with E-state index < -0.39 is 11.9 Å². The third-order valence-corrected chi connectivity index (χ3v) is 4.74. The number of primary amides is 1. The normalized spacial score (nSPS) is 12.8. The van der Waals surface area contributed by atoms with Crippen LogP contribution in [0.25, 0.3) is 10.2 Å². The summed E-state index contributed by atoms with van der Waals surface area (Å²) in [6.07, 6.45) is 0. The highest BCUT2D eigenvalue weighted by Gasteiger charge is 2.22. The van der Waals surface area contributed by atoms with Crippen molar-refractivity contribution < 1.29 is 9.59 Å². The molecule has 0 spiro atoms. The van der Waals surface area contributed by atoms with Crippen molar-refractivity contribution in [2.24, 2.45) is 11.7 Å². The molecule has 22 heavy (non-hydrogen) atoms. The van der Waals surface area contributed by atoms with Gasteiger partial charge < -0.3 is 11.1 Å². The predicted octanol–water partition coefficient (Wildman–Crippen LogP) is 2.66. The number of thiazole rings is 1. The summed E-state index contributed by atoms with van der Waals surface area (Å²) >= 11 is 1.59. The highest BCUT2D eigenvalue weighted by Crippen LogP contribution is 2.28. The van der Waals surface area contributed by atoms with Crippen LogP contribution in [-0.4, -0.2) is 22.8 Å². The van der Waals surface area contributed by atoms with Crippen LogP contribution in [0, 0.1) is 5.92 Å². The Morgan fingerprint density at radius 2 is 1.91 bits per heavy atom. The van der Waals surface area contributed by atoms with Gasteiger partial charge in [0.05, 0.1) is 15.2 Å². The van der Waals surface area contributed by atoms with E-state index in [2.05, 4.69) is 24.1 Å². The molecule has 0 fully saturated rings. The Kier molecular flexibility index (Phi) is 4.81. The summed E-state index contributed by atoms with van der Waals surface area (Å²) in [5, 5.41) is 3.74. The monoisotopic (exact) mass is 319 g/mol. The number of nitrogens with zero attached hydrogens (tertiary/aromatic N) is 1. The van der Waals surface area contributed by atoms with Crippen molar-refractivity contribution in [2.75, 3.05) is 0 Å². The molecule has 2 aromatic rings. The van der Waals surface area contributed by atoms with E-state index in [1.54, 1.807) is 17.4 Å². The Morgan fingerprint density at radius 3 is 2.45 bits per heavy atom. The minimum Gasteiger partial charge on any atom is -0.368 e. The lowest BCUT2D eigenvalue weighted by molar-refractivity contribution is -0.120. The van der Waals surface area contributed by atoms with Crippen LogP contribution < -0.4 is 11.1 Å². The molecule has 3 N–H and O–H groups in total. The second kappa shape index (κ2) is 6.44. The highest BCUT2D eigenvalue weighted by atomic mass is 32.1. The number of benzene rings is 1. The van der Waals surface area contributed by atoms with Crippen LogP contribution in [0.4, 0.5) is 0 Å². The van der Waals surface area contributed by atoms with Crippen molar-refractivity contribution >= 4 is 33.4 Å². The van der Waals surface area contributed by atoms with Crippen molar-refractivity contribution in [3.05, 3.63) is 28.8 Å². The molecule has 1 aromatic heterocycles. The molecule has 5 nitrogen and oxygen atoms in total. The lowest BCUT2D eigenvalue weighted by Gasteiger charge is -2.18. The maximum absolute atomic E-state index is 12.3. The molecule has 1 aromatic carbocycles. The van der Waals surface area contributed by atoms with Gasteiger partial charge in [0.15, 0.2) is 0 Å². The fraction of sp³-hybridized carbons (Fsp3) is 0.438. The van der Waals surface area contributed by atoms with Crippen LogP contribution in [0.5, 0.6) is 0 Å². The van der Waals surface area contributed by atoms with E-state index in [0.29, 0.717) is 11.5 Å². The smallest absolute Gasteiger partial charge is 0.251 e. The highest BCUT2D eigenvalue weighted by molar-refractivity contribution is 7.18. The van der Waals surface area contributed by atoms with E-state index in [0.717, 1.165) is 15.2 Å².